The van der Waals surface area contributed by atoms with Crippen LogP contribution in [0.15, 0.2) is 18.2 Å². The Bertz CT molecular complexity index is 448. The van der Waals surface area contributed by atoms with Crippen LogP contribution in [0.1, 0.15) is 27.2 Å². The van der Waals surface area contributed by atoms with Crippen molar-refractivity contribution in [3.8, 4) is 5.75 Å². The third-order valence-corrected chi connectivity index (χ3v) is 3.84. The van der Waals surface area contributed by atoms with Crippen molar-refractivity contribution < 1.29 is 9.47 Å². The Labute approximate surface area is 121 Å². The molecule has 20 heavy (non-hydrogen) atoms. The third kappa shape index (κ3) is 3.57. The SMILES string of the molecule is COC1CN(c2cc(N)cc(OC(C)C)c2)CCC1C. The number of nitrogen functional groups attached to an aromatic ring is 1. The highest BCUT2D eigenvalue weighted by Gasteiger charge is 2.26. The van der Waals surface area contributed by atoms with Crippen molar-refractivity contribution in [1.29, 1.82) is 0 Å². The van der Waals surface area contributed by atoms with Gasteiger partial charge in [-0.1, -0.05) is 6.92 Å². The molecule has 2 unspecified atom stereocenters. The van der Waals surface area contributed by atoms with Crippen LogP contribution < -0.4 is 15.4 Å². The van der Waals surface area contributed by atoms with Crippen molar-refractivity contribution in [2.45, 2.75) is 39.4 Å². The summed E-state index contributed by atoms with van der Waals surface area (Å²) in [6, 6.07) is 5.96. The summed E-state index contributed by atoms with van der Waals surface area (Å²) in [5.41, 5.74) is 7.86. The molecule has 2 atom stereocenters. The van der Waals surface area contributed by atoms with Gasteiger partial charge in [-0.15, -0.1) is 0 Å². The molecule has 0 saturated carbocycles. The summed E-state index contributed by atoms with van der Waals surface area (Å²) >= 11 is 0. The van der Waals surface area contributed by atoms with Gasteiger partial charge in [0, 0.05) is 43.7 Å². The van der Waals surface area contributed by atoms with Gasteiger partial charge in [-0.25, -0.2) is 0 Å². The normalized spacial score (nSPS) is 23.1. The van der Waals surface area contributed by atoms with E-state index < -0.39 is 0 Å². The summed E-state index contributed by atoms with van der Waals surface area (Å²) < 4.78 is 11.3. The Hall–Kier alpha value is -1.42. The van der Waals surface area contributed by atoms with Gasteiger partial charge in [-0.05, 0) is 32.3 Å². The van der Waals surface area contributed by atoms with Crippen LogP contribution in [-0.2, 0) is 4.74 Å². The minimum absolute atomic E-state index is 0.151. The van der Waals surface area contributed by atoms with E-state index in [0.29, 0.717) is 5.92 Å². The Morgan fingerprint density at radius 2 is 2.05 bits per heavy atom. The van der Waals surface area contributed by atoms with Gasteiger partial charge in [0.1, 0.15) is 5.75 Å². The number of nitrogens with zero attached hydrogens (tertiary/aromatic N) is 1. The highest BCUT2D eigenvalue weighted by molar-refractivity contribution is 5.61. The zero-order chi connectivity index (χ0) is 14.7. The Kier molecular flexibility index (Phi) is 4.76. The maximum absolute atomic E-state index is 6.00. The molecule has 0 radical (unpaired) electrons. The van der Waals surface area contributed by atoms with Crippen molar-refractivity contribution in [2.24, 2.45) is 5.92 Å². The van der Waals surface area contributed by atoms with Crippen molar-refractivity contribution in [2.75, 3.05) is 30.8 Å². The van der Waals surface area contributed by atoms with E-state index in [-0.39, 0.29) is 12.2 Å². The van der Waals surface area contributed by atoms with E-state index in [1.54, 1.807) is 7.11 Å². The van der Waals surface area contributed by atoms with Crippen LogP contribution >= 0.6 is 0 Å². The van der Waals surface area contributed by atoms with Crippen LogP contribution in [0.2, 0.25) is 0 Å². The van der Waals surface area contributed by atoms with E-state index >= 15 is 0 Å². The van der Waals surface area contributed by atoms with Gasteiger partial charge in [0.05, 0.1) is 12.2 Å². The minimum atomic E-state index is 0.151. The summed E-state index contributed by atoms with van der Waals surface area (Å²) in [5.74, 6) is 1.44. The number of hydrogen-bond donors (Lipinski definition) is 1. The molecule has 4 nitrogen and oxygen atoms in total. The van der Waals surface area contributed by atoms with Crippen LogP contribution in [0.25, 0.3) is 0 Å². The quantitative estimate of drug-likeness (QED) is 0.860. The van der Waals surface area contributed by atoms with Crippen LogP contribution in [0.5, 0.6) is 5.75 Å². The number of methoxy groups -OCH3 is 1. The van der Waals surface area contributed by atoms with E-state index in [1.807, 2.05) is 26.0 Å². The topological polar surface area (TPSA) is 47.7 Å². The van der Waals surface area contributed by atoms with Crippen molar-refractivity contribution >= 4 is 11.4 Å². The number of rotatable bonds is 4. The first-order chi connectivity index (χ1) is 9.49. The van der Waals surface area contributed by atoms with E-state index in [0.717, 1.165) is 36.6 Å². The average Bonchev–Trinajstić information content (AvgIpc) is 2.37. The molecule has 0 bridgehead atoms. The second-order valence-electron chi connectivity index (χ2n) is 5.91. The van der Waals surface area contributed by atoms with E-state index in [2.05, 4.69) is 17.9 Å². The number of piperidine rings is 1. The number of nitrogens with two attached hydrogens (primary N) is 1. The molecule has 0 spiro atoms. The molecule has 0 aliphatic carbocycles. The first-order valence-corrected chi connectivity index (χ1v) is 7.34. The van der Waals surface area contributed by atoms with Gasteiger partial charge in [0.15, 0.2) is 0 Å². The molecule has 1 fully saturated rings. The molecule has 112 valence electrons. The predicted molar refractivity (Wildman–Crippen MR) is 83.4 cm³/mol. The van der Waals surface area contributed by atoms with E-state index in [4.69, 9.17) is 15.2 Å². The Morgan fingerprint density at radius 3 is 2.70 bits per heavy atom. The second-order valence-corrected chi connectivity index (χ2v) is 5.91. The molecule has 2 N–H and O–H groups in total. The molecule has 1 aliphatic heterocycles. The number of benzene rings is 1. The molecule has 0 aromatic heterocycles. The van der Waals surface area contributed by atoms with Crippen molar-refractivity contribution in [1.82, 2.24) is 0 Å². The van der Waals surface area contributed by atoms with E-state index in [1.165, 1.54) is 0 Å². The fraction of sp³-hybridized carbons (Fsp3) is 0.625. The van der Waals surface area contributed by atoms with Crippen LogP contribution in [0.4, 0.5) is 11.4 Å². The zero-order valence-electron chi connectivity index (χ0n) is 12.9. The second kappa shape index (κ2) is 6.35. The fourth-order valence-corrected chi connectivity index (χ4v) is 2.70. The first-order valence-electron chi connectivity index (χ1n) is 7.34. The number of anilines is 2. The lowest BCUT2D eigenvalue weighted by Crippen LogP contribution is -2.43. The number of ether oxygens (including phenoxy) is 2. The van der Waals surface area contributed by atoms with Gasteiger partial charge in [0.2, 0.25) is 0 Å². The molecule has 1 aromatic carbocycles. The maximum atomic E-state index is 6.00. The third-order valence-electron chi connectivity index (χ3n) is 3.84. The molecule has 1 aromatic rings. The molecule has 4 heteroatoms. The molecular weight excluding hydrogens is 252 g/mol. The molecule has 1 aliphatic rings. The number of hydrogen-bond acceptors (Lipinski definition) is 4. The lowest BCUT2D eigenvalue weighted by Gasteiger charge is -2.37. The van der Waals surface area contributed by atoms with Gasteiger partial charge in [-0.2, -0.15) is 0 Å². The van der Waals surface area contributed by atoms with Crippen LogP contribution in [-0.4, -0.2) is 32.4 Å². The van der Waals surface area contributed by atoms with E-state index in [9.17, 15) is 0 Å². The Morgan fingerprint density at radius 1 is 1.30 bits per heavy atom. The monoisotopic (exact) mass is 278 g/mol. The molecular formula is C16H26N2O2. The smallest absolute Gasteiger partial charge is 0.123 e. The van der Waals surface area contributed by atoms with Gasteiger partial charge >= 0.3 is 0 Å². The summed E-state index contributed by atoms with van der Waals surface area (Å²) in [6.07, 6.45) is 1.56. The fourth-order valence-electron chi connectivity index (χ4n) is 2.70. The summed E-state index contributed by atoms with van der Waals surface area (Å²) in [7, 11) is 1.79. The molecule has 0 amide bonds. The highest BCUT2D eigenvalue weighted by Crippen LogP contribution is 2.30. The molecule has 2 rings (SSSR count). The molecule has 1 saturated heterocycles. The predicted octanol–water partition coefficient (Wildman–Crippen LogP) is 2.92. The van der Waals surface area contributed by atoms with Crippen molar-refractivity contribution in [3.63, 3.8) is 0 Å². The average molecular weight is 278 g/mol. The Balaban J connectivity index is 2.17. The zero-order valence-corrected chi connectivity index (χ0v) is 12.9. The summed E-state index contributed by atoms with van der Waals surface area (Å²) in [6.45, 7) is 8.23. The highest BCUT2D eigenvalue weighted by atomic mass is 16.5. The van der Waals surface area contributed by atoms with Crippen LogP contribution in [0, 0.1) is 5.92 Å². The lowest BCUT2D eigenvalue weighted by atomic mass is 9.95. The maximum Gasteiger partial charge on any atom is 0.123 e. The minimum Gasteiger partial charge on any atom is -0.491 e. The largest absolute Gasteiger partial charge is 0.491 e. The summed E-state index contributed by atoms with van der Waals surface area (Å²) in [5, 5.41) is 0. The standard InChI is InChI=1S/C16H26N2O2/c1-11(2)20-15-8-13(17)7-14(9-15)18-6-5-12(3)16(10-18)19-4/h7-9,11-12,16H,5-6,10,17H2,1-4H3. The van der Waals surface area contributed by atoms with Gasteiger partial charge < -0.3 is 20.1 Å². The van der Waals surface area contributed by atoms with Crippen molar-refractivity contribution in [3.05, 3.63) is 18.2 Å². The van der Waals surface area contributed by atoms with Crippen LogP contribution in [0.3, 0.4) is 0 Å². The van der Waals surface area contributed by atoms with Gasteiger partial charge in [0.25, 0.3) is 0 Å². The lowest BCUT2D eigenvalue weighted by molar-refractivity contribution is 0.0498. The first kappa shape index (κ1) is 15.0. The summed E-state index contributed by atoms with van der Waals surface area (Å²) in [4.78, 5) is 2.33. The molecule has 1 heterocycles. The van der Waals surface area contributed by atoms with Gasteiger partial charge in [-0.3, -0.25) is 0 Å².